The first-order valence-electron chi connectivity index (χ1n) is 10.7. The molecule has 2 unspecified atom stereocenters. The van der Waals surface area contributed by atoms with Crippen molar-refractivity contribution in [2.24, 2.45) is 0 Å². The standard InChI is InChI=1S/C27H25N3O/c31-27(23-12-10-21(11-13-23)20-4-2-1-3-5-20)14-19-6-8-22(9-7-19)25-15-26(25)29-17-24-16-28-18-30-24/h1-13,16,18,25-26,29H,14-15,17H2,(H,28,30). The fourth-order valence-corrected chi connectivity index (χ4v) is 4.06. The van der Waals surface area contributed by atoms with Crippen LogP contribution < -0.4 is 5.32 Å². The van der Waals surface area contributed by atoms with Gasteiger partial charge in [-0.3, -0.25) is 4.79 Å². The molecule has 1 aliphatic rings. The average molecular weight is 408 g/mol. The van der Waals surface area contributed by atoms with Gasteiger partial charge in [-0.15, -0.1) is 0 Å². The van der Waals surface area contributed by atoms with Crippen LogP contribution in [0.2, 0.25) is 0 Å². The van der Waals surface area contributed by atoms with Crippen molar-refractivity contribution >= 4 is 5.78 Å². The van der Waals surface area contributed by atoms with Gasteiger partial charge in [-0.25, -0.2) is 4.98 Å². The van der Waals surface area contributed by atoms with Crippen LogP contribution in [0.25, 0.3) is 11.1 Å². The SMILES string of the molecule is O=C(Cc1ccc(C2CC2NCc2cnc[nH]2)cc1)c1ccc(-c2ccccc2)cc1. The molecule has 2 N–H and O–H groups in total. The summed E-state index contributed by atoms with van der Waals surface area (Å²) in [7, 11) is 0. The van der Waals surface area contributed by atoms with Crippen LogP contribution in [0.5, 0.6) is 0 Å². The summed E-state index contributed by atoms with van der Waals surface area (Å²) in [5.74, 6) is 0.705. The summed E-state index contributed by atoms with van der Waals surface area (Å²) in [6.45, 7) is 0.816. The maximum Gasteiger partial charge on any atom is 0.167 e. The minimum absolute atomic E-state index is 0.151. The molecule has 0 spiro atoms. The molecule has 4 nitrogen and oxygen atoms in total. The largest absolute Gasteiger partial charge is 0.347 e. The molecule has 0 bridgehead atoms. The predicted octanol–water partition coefficient (Wildman–Crippen LogP) is 5.15. The summed E-state index contributed by atoms with van der Waals surface area (Å²) in [5, 5.41) is 3.57. The molecule has 1 heterocycles. The van der Waals surface area contributed by atoms with Crippen molar-refractivity contribution in [3.63, 3.8) is 0 Å². The van der Waals surface area contributed by atoms with Gasteiger partial charge in [0.25, 0.3) is 0 Å². The summed E-state index contributed by atoms with van der Waals surface area (Å²) in [5.41, 5.74) is 6.55. The van der Waals surface area contributed by atoms with Crippen LogP contribution in [0, 0.1) is 0 Å². The van der Waals surface area contributed by atoms with Gasteiger partial charge in [0.15, 0.2) is 5.78 Å². The Hall–Kier alpha value is -3.50. The second-order valence-electron chi connectivity index (χ2n) is 8.19. The van der Waals surface area contributed by atoms with Gasteiger partial charge < -0.3 is 10.3 Å². The van der Waals surface area contributed by atoms with Crippen molar-refractivity contribution in [2.75, 3.05) is 0 Å². The van der Waals surface area contributed by atoms with Gasteiger partial charge >= 0.3 is 0 Å². The highest BCUT2D eigenvalue weighted by Gasteiger charge is 2.37. The summed E-state index contributed by atoms with van der Waals surface area (Å²) >= 11 is 0. The molecule has 3 aromatic carbocycles. The number of H-pyrrole nitrogens is 1. The van der Waals surface area contributed by atoms with Crippen LogP contribution in [0.4, 0.5) is 0 Å². The second-order valence-corrected chi connectivity index (χ2v) is 8.19. The molecule has 5 rings (SSSR count). The first-order chi connectivity index (χ1) is 15.3. The van der Waals surface area contributed by atoms with Crippen LogP contribution >= 0.6 is 0 Å². The minimum Gasteiger partial charge on any atom is -0.347 e. The van der Waals surface area contributed by atoms with E-state index in [0.717, 1.165) is 40.9 Å². The molecule has 4 heteroatoms. The van der Waals surface area contributed by atoms with Gasteiger partial charge in [-0.05, 0) is 28.7 Å². The summed E-state index contributed by atoms with van der Waals surface area (Å²) in [4.78, 5) is 19.9. The number of Topliss-reactive ketones (excluding diaryl/α,β-unsaturated/α-hetero) is 1. The zero-order valence-electron chi connectivity index (χ0n) is 17.3. The topological polar surface area (TPSA) is 57.8 Å². The van der Waals surface area contributed by atoms with E-state index in [-0.39, 0.29) is 5.78 Å². The molecule has 2 atom stereocenters. The Morgan fingerprint density at radius 3 is 2.39 bits per heavy atom. The smallest absolute Gasteiger partial charge is 0.167 e. The number of benzene rings is 3. The number of aromatic amines is 1. The minimum atomic E-state index is 0.151. The van der Waals surface area contributed by atoms with Crippen LogP contribution in [0.15, 0.2) is 91.4 Å². The van der Waals surface area contributed by atoms with Gasteiger partial charge in [0, 0.05) is 42.4 Å². The zero-order valence-corrected chi connectivity index (χ0v) is 17.3. The molecule has 0 amide bonds. The molecular formula is C27H25N3O. The fourth-order valence-electron chi connectivity index (χ4n) is 4.06. The van der Waals surface area contributed by atoms with Gasteiger partial charge in [0.2, 0.25) is 0 Å². The van der Waals surface area contributed by atoms with Crippen molar-refractivity contribution in [3.05, 3.63) is 114 Å². The van der Waals surface area contributed by atoms with E-state index < -0.39 is 0 Å². The Balaban J connectivity index is 1.16. The summed E-state index contributed by atoms with van der Waals surface area (Å²) in [6, 6.07) is 27.2. The zero-order chi connectivity index (χ0) is 21.0. The average Bonchev–Trinajstić information content (AvgIpc) is 3.41. The first-order valence-corrected chi connectivity index (χ1v) is 10.7. The van der Waals surface area contributed by atoms with Gasteiger partial charge in [-0.1, -0.05) is 78.9 Å². The molecule has 0 radical (unpaired) electrons. The van der Waals surface area contributed by atoms with E-state index in [0.29, 0.717) is 18.4 Å². The molecule has 0 aliphatic heterocycles. The van der Waals surface area contributed by atoms with E-state index >= 15 is 0 Å². The fraction of sp³-hybridized carbons (Fsp3) is 0.185. The second kappa shape index (κ2) is 8.70. The van der Waals surface area contributed by atoms with E-state index in [2.05, 4.69) is 51.7 Å². The Labute approximate surface area is 182 Å². The Morgan fingerprint density at radius 2 is 1.68 bits per heavy atom. The van der Waals surface area contributed by atoms with E-state index in [1.54, 1.807) is 6.33 Å². The lowest BCUT2D eigenvalue weighted by atomic mass is 9.98. The lowest BCUT2D eigenvalue weighted by Gasteiger charge is -2.06. The lowest BCUT2D eigenvalue weighted by Crippen LogP contribution is -2.17. The van der Waals surface area contributed by atoms with Crippen LogP contribution in [-0.2, 0) is 13.0 Å². The third-order valence-corrected chi connectivity index (χ3v) is 5.99. The molecule has 4 aromatic rings. The number of rotatable bonds is 8. The molecule has 1 fully saturated rings. The van der Waals surface area contributed by atoms with Crippen LogP contribution in [-0.4, -0.2) is 21.8 Å². The third kappa shape index (κ3) is 4.65. The number of carbonyl (C=O) groups excluding carboxylic acids is 1. The highest BCUT2D eigenvalue weighted by atomic mass is 16.1. The number of ketones is 1. The van der Waals surface area contributed by atoms with Gasteiger partial charge in [0.1, 0.15) is 0 Å². The van der Waals surface area contributed by atoms with Crippen LogP contribution in [0.3, 0.4) is 0 Å². The Kier molecular flexibility index (Phi) is 5.46. The number of imidazole rings is 1. The van der Waals surface area contributed by atoms with Gasteiger partial charge in [-0.2, -0.15) is 0 Å². The number of hydrogen-bond donors (Lipinski definition) is 2. The van der Waals surface area contributed by atoms with E-state index in [4.69, 9.17) is 0 Å². The number of hydrogen-bond acceptors (Lipinski definition) is 3. The lowest BCUT2D eigenvalue weighted by molar-refractivity contribution is 0.0993. The molecule has 1 saturated carbocycles. The number of carbonyl (C=O) groups is 1. The number of aromatic nitrogens is 2. The molecule has 31 heavy (non-hydrogen) atoms. The molecule has 1 aliphatic carbocycles. The molecule has 0 saturated heterocycles. The first kappa shape index (κ1) is 19.5. The number of nitrogens with zero attached hydrogens (tertiary/aromatic N) is 1. The molecule has 154 valence electrons. The van der Waals surface area contributed by atoms with Gasteiger partial charge in [0.05, 0.1) is 6.33 Å². The van der Waals surface area contributed by atoms with Crippen molar-refractivity contribution < 1.29 is 4.79 Å². The highest BCUT2D eigenvalue weighted by molar-refractivity contribution is 5.97. The highest BCUT2D eigenvalue weighted by Crippen LogP contribution is 2.41. The molecular weight excluding hydrogens is 382 g/mol. The normalized spacial score (nSPS) is 17.4. The van der Waals surface area contributed by atoms with Crippen molar-refractivity contribution in [3.8, 4) is 11.1 Å². The maximum atomic E-state index is 12.7. The quantitative estimate of drug-likeness (QED) is 0.397. The van der Waals surface area contributed by atoms with Crippen molar-refractivity contribution in [1.29, 1.82) is 0 Å². The number of nitrogens with one attached hydrogen (secondary N) is 2. The predicted molar refractivity (Wildman–Crippen MR) is 123 cm³/mol. The summed E-state index contributed by atoms with van der Waals surface area (Å²) in [6.07, 6.45) is 5.14. The van der Waals surface area contributed by atoms with Crippen molar-refractivity contribution in [1.82, 2.24) is 15.3 Å². The van der Waals surface area contributed by atoms with E-state index in [1.165, 1.54) is 5.56 Å². The van der Waals surface area contributed by atoms with E-state index in [1.807, 2.05) is 48.7 Å². The van der Waals surface area contributed by atoms with Crippen molar-refractivity contribution in [2.45, 2.75) is 31.3 Å². The van der Waals surface area contributed by atoms with E-state index in [9.17, 15) is 4.79 Å². The van der Waals surface area contributed by atoms with Crippen LogP contribution in [0.1, 0.15) is 39.5 Å². The monoisotopic (exact) mass is 407 g/mol. The Bertz CT molecular complexity index is 1130. The maximum absolute atomic E-state index is 12.7. The molecule has 1 aromatic heterocycles. The summed E-state index contributed by atoms with van der Waals surface area (Å²) < 4.78 is 0. The Morgan fingerprint density at radius 1 is 0.935 bits per heavy atom. The third-order valence-electron chi connectivity index (χ3n) is 5.99.